The Morgan fingerprint density at radius 3 is 2.46 bits per heavy atom. The highest BCUT2D eigenvalue weighted by Crippen LogP contribution is 2.42. The number of aromatic nitrogens is 2. The van der Waals surface area contributed by atoms with Crippen molar-refractivity contribution in [3.05, 3.63) is 81.6 Å². The third kappa shape index (κ3) is 7.35. The fraction of sp³-hybridized carbons (Fsp3) is 0.120. The Morgan fingerprint density at radius 2 is 1.82 bits per heavy atom. The van der Waals surface area contributed by atoms with Gasteiger partial charge in [0.1, 0.15) is 34.3 Å². The quantitative estimate of drug-likeness (QED) is 0.113. The van der Waals surface area contributed by atoms with Crippen LogP contribution in [-0.2, 0) is 14.8 Å². The van der Waals surface area contributed by atoms with E-state index in [1.165, 1.54) is 23.1 Å². The molecule has 0 bridgehead atoms. The molecule has 0 aliphatic carbocycles. The third-order valence-electron chi connectivity index (χ3n) is 5.13. The number of rotatable bonds is 10. The van der Waals surface area contributed by atoms with Crippen LogP contribution in [0.2, 0.25) is 5.02 Å². The van der Waals surface area contributed by atoms with Crippen LogP contribution in [0, 0.1) is 17.9 Å². The minimum absolute atomic E-state index is 0.00115. The molecule has 0 amide bonds. The average Bonchev–Trinajstić information content (AvgIpc) is 3.39. The van der Waals surface area contributed by atoms with Crippen LogP contribution >= 0.6 is 42.5 Å². The summed E-state index contributed by atoms with van der Waals surface area (Å²) in [6.07, 6.45) is 0. The minimum Gasteiger partial charge on any atom is -0.790 e. The van der Waals surface area contributed by atoms with Crippen LogP contribution in [0.4, 0.5) is 11.5 Å². The first kappa shape index (κ1) is 28.6. The molecule has 4 rings (SSSR count). The van der Waals surface area contributed by atoms with E-state index in [4.69, 9.17) is 28.6 Å². The number of anilines is 1. The topological polar surface area (TPSA) is 162 Å². The molecule has 0 saturated heterocycles. The molecule has 2 N–H and O–H groups in total. The number of halogens is 1. The highest BCUT2D eigenvalue weighted by Gasteiger charge is 2.21. The number of nitrogen functional groups attached to an aromatic ring is 1. The maximum atomic E-state index is 10.5. The fourth-order valence-corrected chi connectivity index (χ4v) is 5.68. The van der Waals surface area contributed by atoms with Crippen LogP contribution in [0.25, 0.3) is 26.5 Å². The molecule has 2 aromatic carbocycles. The van der Waals surface area contributed by atoms with Gasteiger partial charge in [-0.25, -0.2) is 14.8 Å². The highest BCUT2D eigenvalue weighted by molar-refractivity contribution is 7.98. The summed E-state index contributed by atoms with van der Waals surface area (Å²) in [7, 11) is -5.07. The van der Waals surface area contributed by atoms with Gasteiger partial charge in [0.15, 0.2) is 0 Å². The summed E-state index contributed by atoms with van der Waals surface area (Å²) >= 11 is 8.75. The van der Waals surface area contributed by atoms with Crippen molar-refractivity contribution < 1.29 is 23.6 Å². The predicted molar refractivity (Wildman–Crippen MR) is 146 cm³/mol. The van der Waals surface area contributed by atoms with Crippen molar-refractivity contribution in [1.82, 2.24) is 9.97 Å². The molecule has 39 heavy (non-hydrogen) atoms. The smallest absolute Gasteiger partial charge is 0.236 e. The lowest BCUT2D eigenvalue weighted by molar-refractivity contribution is -0.341. The lowest BCUT2D eigenvalue weighted by Crippen LogP contribution is -2.19. The minimum atomic E-state index is -5.07. The molecule has 0 aliphatic rings. The summed E-state index contributed by atoms with van der Waals surface area (Å²) in [6.45, 7) is 7.03. The number of benzene rings is 2. The maximum Gasteiger partial charge on any atom is 0.236 e. The van der Waals surface area contributed by atoms with Crippen molar-refractivity contribution in [2.75, 3.05) is 18.9 Å². The molecule has 0 saturated carbocycles. The van der Waals surface area contributed by atoms with E-state index >= 15 is 0 Å². The van der Waals surface area contributed by atoms with E-state index in [9.17, 15) is 19.6 Å². The predicted octanol–water partition coefficient (Wildman–Crippen LogP) is 5.05. The van der Waals surface area contributed by atoms with Crippen molar-refractivity contribution >= 4 is 54.0 Å². The van der Waals surface area contributed by atoms with E-state index in [2.05, 4.69) is 25.4 Å². The van der Waals surface area contributed by atoms with Crippen molar-refractivity contribution in [3.8, 4) is 33.5 Å². The van der Waals surface area contributed by atoms with E-state index in [-0.39, 0.29) is 23.7 Å². The first-order valence-corrected chi connectivity index (χ1v) is 14.7. The molecule has 2 aromatic heterocycles. The summed E-state index contributed by atoms with van der Waals surface area (Å²) < 4.78 is 20.0. The molecule has 14 heteroatoms. The molecule has 0 spiro atoms. The summed E-state index contributed by atoms with van der Waals surface area (Å²) in [5.74, 6) is 0.795. The van der Waals surface area contributed by atoms with Gasteiger partial charge in [-0.15, -0.1) is 11.3 Å². The Kier molecular flexibility index (Phi) is 9.23. The van der Waals surface area contributed by atoms with Gasteiger partial charge in [0, 0.05) is 27.3 Å². The number of nitriles is 1. The second-order valence-corrected chi connectivity index (χ2v) is 11.1. The van der Waals surface area contributed by atoms with Gasteiger partial charge in [-0.2, -0.15) is 5.26 Å². The van der Waals surface area contributed by atoms with Crippen molar-refractivity contribution in [3.63, 3.8) is 0 Å². The van der Waals surface area contributed by atoms with Crippen LogP contribution in [0.3, 0.4) is 0 Å². The van der Waals surface area contributed by atoms with E-state index in [1.54, 1.807) is 36.4 Å². The third-order valence-corrected chi connectivity index (χ3v) is 7.83. The molecule has 0 atom stereocenters. The summed E-state index contributed by atoms with van der Waals surface area (Å²) in [4.78, 5) is 33.6. The number of hydrogen-bond donors (Lipinski definition) is 1. The Labute approximate surface area is 237 Å². The monoisotopic (exact) mass is 597 g/mol. The molecule has 0 aliphatic heterocycles. The van der Waals surface area contributed by atoms with E-state index < -0.39 is 14.4 Å². The number of phosphoric acid groups is 1. The zero-order valence-corrected chi connectivity index (χ0v) is 23.1. The lowest BCUT2D eigenvalue weighted by atomic mass is 10.00. The molecule has 0 unspecified atom stereocenters. The van der Waals surface area contributed by atoms with Gasteiger partial charge in [0.25, 0.3) is 0 Å². The number of hydrogen-bond acceptors (Lipinski definition) is 11. The van der Waals surface area contributed by atoms with Gasteiger partial charge in [-0.3, -0.25) is 0 Å². The van der Waals surface area contributed by atoms with Crippen LogP contribution in [-0.4, -0.2) is 23.2 Å². The van der Waals surface area contributed by atoms with Gasteiger partial charge in [0.05, 0.1) is 32.3 Å². The van der Waals surface area contributed by atoms with E-state index in [0.29, 0.717) is 32.7 Å². The number of ether oxygens (including phenoxy) is 1. The van der Waals surface area contributed by atoms with Crippen LogP contribution in [0.5, 0.6) is 5.75 Å². The van der Waals surface area contributed by atoms with Crippen molar-refractivity contribution in [2.45, 2.75) is 10.8 Å². The SMILES string of the molecule is [C-]#[N+]c1c(N)nc(SCc2csc(-c3ccc(Cl)cc3)n2)c(C#N)c1-c1ccc(OCCOP(=O)([O-])[O-])cc1. The lowest BCUT2D eigenvalue weighted by Gasteiger charge is -2.28. The standard InChI is InChI=1S/C25H19ClN5O5PS2/c1-29-22-21(15-4-8-19(9-5-15)35-10-11-36-37(32,33)34)20(12-27)25(31-23(22)28)39-14-18-13-38-24(30-18)16-2-6-17(26)7-3-16/h2-9,13H,10-11,14H2,(H2,28,31)(H2,32,33,34)/p-2. The fourth-order valence-electron chi connectivity index (χ4n) is 3.44. The zero-order valence-electron chi connectivity index (χ0n) is 19.9. The molecule has 0 radical (unpaired) electrons. The number of nitrogens with two attached hydrogens (primary N) is 1. The number of pyridine rings is 1. The summed E-state index contributed by atoms with van der Waals surface area (Å²) in [5, 5.41) is 13.8. The van der Waals surface area contributed by atoms with Gasteiger partial charge in [0.2, 0.25) is 5.69 Å². The van der Waals surface area contributed by atoms with Gasteiger partial charge in [-0.1, -0.05) is 47.6 Å². The molecule has 0 fully saturated rings. The maximum absolute atomic E-state index is 10.5. The summed E-state index contributed by atoms with van der Waals surface area (Å²) in [5.41, 5.74) is 9.00. The number of phosphoric ester groups is 1. The Morgan fingerprint density at radius 1 is 1.13 bits per heavy atom. The molecule has 2 heterocycles. The van der Waals surface area contributed by atoms with E-state index in [1.807, 2.05) is 17.5 Å². The molecule has 10 nitrogen and oxygen atoms in total. The molecular formula is C25H17ClN5O5PS2-2. The number of thiazole rings is 1. The molecular weight excluding hydrogens is 581 g/mol. The van der Waals surface area contributed by atoms with Crippen LogP contribution in [0.1, 0.15) is 11.3 Å². The normalized spacial score (nSPS) is 11.1. The zero-order chi connectivity index (χ0) is 28.0. The second-order valence-electron chi connectivity index (χ2n) is 7.72. The number of thioether (sulfide) groups is 1. The first-order valence-electron chi connectivity index (χ1n) is 11.0. The molecule has 4 aromatic rings. The van der Waals surface area contributed by atoms with E-state index in [0.717, 1.165) is 16.3 Å². The first-order chi connectivity index (χ1) is 18.7. The van der Waals surface area contributed by atoms with Crippen molar-refractivity contribution in [2.24, 2.45) is 0 Å². The van der Waals surface area contributed by atoms with Crippen LogP contribution in [0.15, 0.2) is 58.9 Å². The van der Waals surface area contributed by atoms with Crippen molar-refractivity contribution in [1.29, 1.82) is 5.26 Å². The van der Waals surface area contributed by atoms with Gasteiger partial charge in [-0.05, 0) is 29.8 Å². The highest BCUT2D eigenvalue weighted by atomic mass is 35.5. The Balaban J connectivity index is 1.55. The van der Waals surface area contributed by atoms with Gasteiger partial charge >= 0.3 is 0 Å². The largest absolute Gasteiger partial charge is 0.790 e. The second kappa shape index (κ2) is 12.6. The number of nitrogens with zero attached hydrogens (tertiary/aromatic N) is 4. The Hall–Kier alpha value is -3.45. The molecule has 198 valence electrons. The van der Waals surface area contributed by atoms with Gasteiger partial charge < -0.3 is 29.3 Å². The Bertz CT molecular complexity index is 1610. The average molecular weight is 598 g/mol. The summed E-state index contributed by atoms with van der Waals surface area (Å²) in [6, 6.07) is 16.0. The van der Waals surface area contributed by atoms with Crippen LogP contribution < -0.4 is 20.3 Å².